The van der Waals surface area contributed by atoms with Gasteiger partial charge in [0, 0.05) is 17.8 Å². The van der Waals surface area contributed by atoms with Crippen molar-refractivity contribution in [2.75, 3.05) is 0 Å². The monoisotopic (exact) mass is 446 g/mol. The van der Waals surface area contributed by atoms with Crippen LogP contribution >= 0.6 is 11.6 Å². The van der Waals surface area contributed by atoms with E-state index in [2.05, 4.69) is 4.98 Å². The van der Waals surface area contributed by atoms with E-state index in [4.69, 9.17) is 21.4 Å². The lowest BCUT2D eigenvalue weighted by atomic mass is 10.0. The van der Waals surface area contributed by atoms with Crippen LogP contribution in [-0.4, -0.2) is 49.8 Å². The fraction of sp³-hybridized carbons (Fsp3) is 0.435. The summed E-state index contributed by atoms with van der Waals surface area (Å²) in [5.74, 6) is -0.984. The van der Waals surface area contributed by atoms with Gasteiger partial charge in [0.25, 0.3) is 0 Å². The van der Waals surface area contributed by atoms with Crippen LogP contribution in [0.1, 0.15) is 61.2 Å². The molecule has 1 amide bonds. The summed E-state index contributed by atoms with van der Waals surface area (Å²) in [6.45, 7) is 5.40. The second-order valence-electron chi connectivity index (χ2n) is 8.75. The van der Waals surface area contributed by atoms with Gasteiger partial charge in [-0.25, -0.2) is 14.6 Å². The molecular weight excluding hydrogens is 420 g/mol. The lowest BCUT2D eigenvalue weighted by Gasteiger charge is -2.34. The predicted molar refractivity (Wildman–Crippen MR) is 116 cm³/mol. The number of nitrogens with zero attached hydrogens (tertiary/aromatic N) is 2. The van der Waals surface area contributed by atoms with Crippen molar-refractivity contribution in [2.45, 2.75) is 63.8 Å². The first-order chi connectivity index (χ1) is 14.5. The number of hydrogen-bond acceptors (Lipinski definition) is 5. The lowest BCUT2D eigenvalue weighted by molar-refractivity contribution is -0.00459. The number of likely N-dealkylation sites (tertiary alicyclic amines) is 1. The van der Waals surface area contributed by atoms with Crippen LogP contribution in [0.25, 0.3) is 0 Å². The quantitative estimate of drug-likeness (QED) is 0.657. The fourth-order valence-electron chi connectivity index (χ4n) is 3.86. The van der Waals surface area contributed by atoms with Crippen LogP contribution in [0.15, 0.2) is 42.6 Å². The largest absolute Gasteiger partial charge is 0.478 e. The Balaban J connectivity index is 1.84. The molecule has 2 heterocycles. The number of amides is 1. The molecule has 7 nitrogen and oxygen atoms in total. The van der Waals surface area contributed by atoms with Crippen molar-refractivity contribution in [2.24, 2.45) is 0 Å². The van der Waals surface area contributed by atoms with Crippen molar-refractivity contribution in [3.63, 3.8) is 0 Å². The number of carboxylic acid groups (broad SMARTS) is 1. The molecule has 3 atom stereocenters. The van der Waals surface area contributed by atoms with Crippen molar-refractivity contribution >= 4 is 23.7 Å². The molecule has 1 unspecified atom stereocenters. The number of benzene rings is 1. The minimum absolute atomic E-state index is 0.189. The number of ether oxygens (including phenoxy) is 1. The zero-order valence-corrected chi connectivity index (χ0v) is 18.5. The molecule has 8 heteroatoms. The van der Waals surface area contributed by atoms with Crippen LogP contribution in [0.5, 0.6) is 0 Å². The van der Waals surface area contributed by atoms with Gasteiger partial charge in [0.1, 0.15) is 16.9 Å². The molecule has 0 aliphatic carbocycles. The molecule has 31 heavy (non-hydrogen) atoms. The number of pyridine rings is 1. The van der Waals surface area contributed by atoms with Gasteiger partial charge in [0.15, 0.2) is 0 Å². The Morgan fingerprint density at radius 2 is 1.87 bits per heavy atom. The second kappa shape index (κ2) is 9.24. The molecule has 1 aromatic carbocycles. The first-order valence-corrected chi connectivity index (χ1v) is 10.6. The number of aliphatic hydroxyl groups excluding tert-OH is 1. The van der Waals surface area contributed by atoms with Gasteiger partial charge in [0.2, 0.25) is 0 Å². The first-order valence-electron chi connectivity index (χ1n) is 10.2. The average molecular weight is 447 g/mol. The highest BCUT2D eigenvalue weighted by Gasteiger charge is 2.43. The molecule has 1 saturated heterocycles. The third-order valence-corrected chi connectivity index (χ3v) is 5.50. The normalized spacial score (nSPS) is 19.8. The molecule has 0 bridgehead atoms. The van der Waals surface area contributed by atoms with Gasteiger partial charge in [-0.1, -0.05) is 29.8 Å². The van der Waals surface area contributed by atoms with Gasteiger partial charge in [-0.2, -0.15) is 0 Å². The number of carbonyl (C=O) groups excluding carboxylic acids is 1. The Hall–Kier alpha value is -2.64. The Labute approximate surface area is 186 Å². The molecule has 1 aliphatic rings. The molecule has 0 spiro atoms. The number of carboxylic acids is 1. The third-order valence-electron chi connectivity index (χ3n) is 5.28. The maximum atomic E-state index is 13.1. The van der Waals surface area contributed by atoms with Gasteiger partial charge in [-0.05, 0) is 63.8 Å². The summed E-state index contributed by atoms with van der Waals surface area (Å²) < 4.78 is 5.64. The minimum Gasteiger partial charge on any atom is -0.478 e. The molecule has 1 aliphatic heterocycles. The van der Waals surface area contributed by atoms with Crippen molar-refractivity contribution in [3.8, 4) is 0 Å². The molecule has 2 N–H and O–H groups in total. The number of carbonyl (C=O) groups is 2. The summed E-state index contributed by atoms with van der Waals surface area (Å²) >= 11 is 5.86. The number of aromatic nitrogens is 1. The molecule has 1 aromatic heterocycles. The number of aromatic carboxylic acids is 1. The molecule has 3 rings (SSSR count). The van der Waals surface area contributed by atoms with E-state index in [1.165, 1.54) is 6.20 Å². The Morgan fingerprint density at radius 1 is 1.19 bits per heavy atom. The SMILES string of the molecule is CC(C)(C)OC(=O)N1C(Cc2ccc(C(=O)O)cc2)CC[C@@H]1[C@H](O)c1ccc(Cl)nc1. The molecule has 166 valence electrons. The van der Waals surface area contributed by atoms with Crippen LogP contribution in [0, 0.1) is 0 Å². The molecular formula is C23H27ClN2O5. The van der Waals surface area contributed by atoms with Gasteiger partial charge in [-0.15, -0.1) is 0 Å². The summed E-state index contributed by atoms with van der Waals surface area (Å²) in [4.78, 5) is 29.8. The van der Waals surface area contributed by atoms with E-state index >= 15 is 0 Å². The smallest absolute Gasteiger partial charge is 0.410 e. The summed E-state index contributed by atoms with van der Waals surface area (Å²) in [6, 6.07) is 9.26. The number of rotatable bonds is 5. The second-order valence-corrected chi connectivity index (χ2v) is 9.14. The highest BCUT2D eigenvalue weighted by Crippen LogP contribution is 2.36. The molecule has 2 aromatic rings. The first kappa shape index (κ1) is 23.0. The van der Waals surface area contributed by atoms with E-state index < -0.39 is 29.8 Å². The van der Waals surface area contributed by atoms with Crippen LogP contribution < -0.4 is 0 Å². The lowest BCUT2D eigenvalue weighted by Crippen LogP contribution is -2.47. The number of halogens is 1. The van der Waals surface area contributed by atoms with Gasteiger partial charge in [-0.3, -0.25) is 4.90 Å². The van der Waals surface area contributed by atoms with Gasteiger partial charge < -0.3 is 14.9 Å². The zero-order valence-electron chi connectivity index (χ0n) is 17.8. The Morgan fingerprint density at radius 3 is 2.42 bits per heavy atom. The predicted octanol–water partition coefficient (Wildman–Crippen LogP) is 4.48. The average Bonchev–Trinajstić information content (AvgIpc) is 3.11. The van der Waals surface area contributed by atoms with E-state index in [9.17, 15) is 14.7 Å². The number of hydrogen-bond donors (Lipinski definition) is 2. The molecule has 1 fully saturated rings. The van der Waals surface area contributed by atoms with Crippen molar-refractivity contribution < 1.29 is 24.5 Å². The van der Waals surface area contributed by atoms with Crippen molar-refractivity contribution in [1.82, 2.24) is 9.88 Å². The van der Waals surface area contributed by atoms with E-state index in [1.807, 2.05) is 0 Å². The topological polar surface area (TPSA) is 100.0 Å². The van der Waals surface area contributed by atoms with Crippen LogP contribution in [-0.2, 0) is 11.2 Å². The standard InChI is InChI=1S/C23H27ClN2O5/c1-23(2,3)31-22(30)26-17(12-14-4-6-15(7-5-14)21(28)29)9-10-18(26)20(27)16-8-11-19(24)25-13-16/h4-8,11,13,17-18,20,27H,9-10,12H2,1-3H3,(H,28,29)/t17?,18-,20-/m1/s1. The van der Waals surface area contributed by atoms with E-state index in [0.717, 1.165) is 5.56 Å². The Bertz CT molecular complexity index is 924. The maximum absolute atomic E-state index is 13.1. The summed E-state index contributed by atoms with van der Waals surface area (Å²) in [6.07, 6.45) is 1.91. The third kappa shape index (κ3) is 5.74. The van der Waals surface area contributed by atoms with Crippen LogP contribution in [0.3, 0.4) is 0 Å². The Kier molecular flexibility index (Phi) is 6.86. The van der Waals surface area contributed by atoms with Gasteiger partial charge in [0.05, 0.1) is 11.6 Å². The van der Waals surface area contributed by atoms with Crippen LogP contribution in [0.4, 0.5) is 4.79 Å². The summed E-state index contributed by atoms with van der Waals surface area (Å²) in [5.41, 5.74) is 1.02. The van der Waals surface area contributed by atoms with Crippen molar-refractivity contribution in [3.05, 3.63) is 64.4 Å². The zero-order chi connectivity index (χ0) is 22.8. The van der Waals surface area contributed by atoms with E-state index in [1.54, 1.807) is 62.1 Å². The molecule has 0 radical (unpaired) electrons. The van der Waals surface area contributed by atoms with Gasteiger partial charge >= 0.3 is 12.1 Å². The highest BCUT2D eigenvalue weighted by molar-refractivity contribution is 6.29. The summed E-state index contributed by atoms with van der Waals surface area (Å²) in [5, 5.41) is 20.4. The molecule has 0 saturated carbocycles. The number of aliphatic hydroxyl groups is 1. The maximum Gasteiger partial charge on any atom is 0.410 e. The van der Waals surface area contributed by atoms with Crippen molar-refractivity contribution in [1.29, 1.82) is 0 Å². The van der Waals surface area contributed by atoms with Crippen LogP contribution in [0.2, 0.25) is 5.15 Å². The summed E-state index contributed by atoms with van der Waals surface area (Å²) in [7, 11) is 0. The minimum atomic E-state index is -0.984. The fourth-order valence-corrected chi connectivity index (χ4v) is 3.97. The van der Waals surface area contributed by atoms with E-state index in [0.29, 0.717) is 30.0 Å². The van der Waals surface area contributed by atoms with E-state index in [-0.39, 0.29) is 11.6 Å². The highest BCUT2D eigenvalue weighted by atomic mass is 35.5.